The number of hydrogen-bond donors (Lipinski definition) is 0. The maximum atomic E-state index is 12.4. The molecule has 3 heterocycles. The summed E-state index contributed by atoms with van der Waals surface area (Å²) in [4.78, 5) is 22.2. The fraction of sp³-hybridized carbons (Fsp3) is 0.318. The van der Waals surface area contributed by atoms with Crippen LogP contribution in [0.5, 0.6) is 0 Å². The largest absolute Gasteiger partial charge is 0.368 e. The molecule has 0 N–H and O–H groups in total. The average molecular weight is 407 g/mol. The summed E-state index contributed by atoms with van der Waals surface area (Å²) < 4.78 is 5.35. The first kappa shape index (κ1) is 18.1. The number of carbonyl (C=O) groups excluding carboxylic acids is 1. The number of carbonyl (C=O) groups is 1. The van der Waals surface area contributed by atoms with Crippen molar-refractivity contribution in [2.24, 2.45) is 0 Å². The van der Waals surface area contributed by atoms with Crippen molar-refractivity contribution in [3.63, 3.8) is 0 Å². The number of anilines is 1. The SMILES string of the molecule is O=C(C=Cc1cccs1)N1CCN(c2ccc(-c3noc(C4CC4)n3)cc2)CC1. The third-order valence-corrected chi connectivity index (χ3v) is 6.22. The highest BCUT2D eigenvalue weighted by Gasteiger charge is 2.29. The van der Waals surface area contributed by atoms with Crippen LogP contribution in [0.1, 0.15) is 29.5 Å². The van der Waals surface area contributed by atoms with Gasteiger partial charge < -0.3 is 14.3 Å². The lowest BCUT2D eigenvalue weighted by Crippen LogP contribution is -2.48. The van der Waals surface area contributed by atoms with Crippen LogP contribution < -0.4 is 4.90 Å². The molecule has 1 amide bonds. The molecular formula is C22H22N4O2S. The van der Waals surface area contributed by atoms with E-state index in [0.29, 0.717) is 11.7 Å². The molecule has 1 aromatic carbocycles. The van der Waals surface area contributed by atoms with E-state index in [9.17, 15) is 4.79 Å². The minimum Gasteiger partial charge on any atom is -0.368 e. The molecule has 2 aromatic heterocycles. The van der Waals surface area contributed by atoms with Crippen LogP contribution >= 0.6 is 11.3 Å². The van der Waals surface area contributed by atoms with Gasteiger partial charge in [-0.15, -0.1) is 11.3 Å². The Morgan fingerprint density at radius 1 is 1.10 bits per heavy atom. The van der Waals surface area contributed by atoms with Crippen LogP contribution in [0.4, 0.5) is 5.69 Å². The third-order valence-electron chi connectivity index (χ3n) is 5.38. The zero-order chi connectivity index (χ0) is 19.6. The Bertz CT molecular complexity index is 998. The molecule has 1 saturated heterocycles. The Labute approximate surface area is 173 Å². The molecule has 0 spiro atoms. The molecule has 2 aliphatic rings. The zero-order valence-electron chi connectivity index (χ0n) is 16.0. The summed E-state index contributed by atoms with van der Waals surface area (Å²) in [6, 6.07) is 12.3. The highest BCUT2D eigenvalue weighted by atomic mass is 32.1. The summed E-state index contributed by atoms with van der Waals surface area (Å²) in [5, 5.41) is 6.12. The fourth-order valence-electron chi connectivity index (χ4n) is 3.50. The highest BCUT2D eigenvalue weighted by Crippen LogP contribution is 2.39. The molecule has 0 unspecified atom stereocenters. The molecule has 1 aliphatic carbocycles. The zero-order valence-corrected chi connectivity index (χ0v) is 16.8. The Hall–Kier alpha value is -2.93. The van der Waals surface area contributed by atoms with E-state index in [0.717, 1.165) is 61.0 Å². The second-order valence-corrected chi connectivity index (χ2v) is 8.42. The van der Waals surface area contributed by atoms with Gasteiger partial charge in [-0.1, -0.05) is 11.2 Å². The summed E-state index contributed by atoms with van der Waals surface area (Å²) >= 11 is 1.63. The topological polar surface area (TPSA) is 62.5 Å². The van der Waals surface area contributed by atoms with E-state index in [1.807, 2.05) is 40.6 Å². The quantitative estimate of drug-likeness (QED) is 0.599. The van der Waals surface area contributed by atoms with E-state index in [1.165, 1.54) is 0 Å². The van der Waals surface area contributed by atoms with Gasteiger partial charge in [0, 0.05) is 54.3 Å². The average Bonchev–Trinajstić information content (AvgIpc) is 3.27. The summed E-state index contributed by atoms with van der Waals surface area (Å²) in [6.45, 7) is 3.11. The van der Waals surface area contributed by atoms with E-state index < -0.39 is 0 Å². The number of nitrogens with zero attached hydrogens (tertiary/aromatic N) is 4. The summed E-state index contributed by atoms with van der Waals surface area (Å²) in [7, 11) is 0. The van der Waals surface area contributed by atoms with Crippen molar-refractivity contribution in [3.8, 4) is 11.4 Å². The number of benzene rings is 1. The Morgan fingerprint density at radius 2 is 1.90 bits per heavy atom. The Balaban J connectivity index is 1.17. The van der Waals surface area contributed by atoms with Gasteiger partial charge in [0.15, 0.2) is 0 Å². The Kier molecular flexibility index (Phi) is 4.89. The van der Waals surface area contributed by atoms with Crippen molar-refractivity contribution in [2.75, 3.05) is 31.1 Å². The third kappa shape index (κ3) is 4.10. The smallest absolute Gasteiger partial charge is 0.246 e. The molecule has 2 fully saturated rings. The highest BCUT2D eigenvalue weighted by molar-refractivity contribution is 7.10. The van der Waals surface area contributed by atoms with Crippen LogP contribution in [0, 0.1) is 0 Å². The van der Waals surface area contributed by atoms with Crippen molar-refractivity contribution in [3.05, 3.63) is 58.6 Å². The van der Waals surface area contributed by atoms with Crippen LogP contribution in [-0.4, -0.2) is 47.1 Å². The van der Waals surface area contributed by atoms with Crippen molar-refractivity contribution in [2.45, 2.75) is 18.8 Å². The van der Waals surface area contributed by atoms with Crippen LogP contribution in [0.3, 0.4) is 0 Å². The maximum absolute atomic E-state index is 12.4. The van der Waals surface area contributed by atoms with Gasteiger partial charge in [0.1, 0.15) is 0 Å². The predicted molar refractivity (Wildman–Crippen MR) is 114 cm³/mol. The molecule has 0 radical (unpaired) electrons. The van der Waals surface area contributed by atoms with Gasteiger partial charge >= 0.3 is 0 Å². The predicted octanol–water partition coefficient (Wildman–Crippen LogP) is 4.04. The molecule has 7 heteroatoms. The second-order valence-electron chi connectivity index (χ2n) is 7.44. The van der Waals surface area contributed by atoms with Gasteiger partial charge in [-0.2, -0.15) is 4.98 Å². The Morgan fingerprint density at radius 3 is 2.59 bits per heavy atom. The van der Waals surface area contributed by atoms with Gasteiger partial charge in [-0.3, -0.25) is 4.79 Å². The fourth-order valence-corrected chi connectivity index (χ4v) is 4.12. The lowest BCUT2D eigenvalue weighted by atomic mass is 10.1. The molecule has 29 heavy (non-hydrogen) atoms. The molecule has 148 valence electrons. The molecule has 0 bridgehead atoms. The van der Waals surface area contributed by atoms with Crippen molar-refractivity contribution in [1.82, 2.24) is 15.0 Å². The molecule has 5 rings (SSSR count). The van der Waals surface area contributed by atoms with Gasteiger partial charge in [-0.25, -0.2) is 0 Å². The maximum Gasteiger partial charge on any atom is 0.246 e. The van der Waals surface area contributed by atoms with E-state index in [1.54, 1.807) is 17.4 Å². The number of aromatic nitrogens is 2. The molecule has 1 aliphatic heterocycles. The van der Waals surface area contributed by atoms with Crippen LogP contribution in [0.15, 0.2) is 52.4 Å². The van der Waals surface area contributed by atoms with E-state index in [4.69, 9.17) is 4.52 Å². The standard InChI is InChI=1S/C22H22N4O2S/c27-20(10-9-19-2-1-15-29-19)26-13-11-25(12-14-26)18-7-5-16(6-8-18)21-23-22(28-24-21)17-3-4-17/h1-2,5-10,15,17H,3-4,11-14H2. The number of rotatable bonds is 5. The first-order valence-corrected chi connectivity index (χ1v) is 10.8. The normalized spacial score (nSPS) is 17.2. The monoisotopic (exact) mass is 406 g/mol. The van der Waals surface area contributed by atoms with Crippen molar-refractivity contribution in [1.29, 1.82) is 0 Å². The first-order valence-electron chi connectivity index (χ1n) is 9.96. The summed E-state index contributed by atoms with van der Waals surface area (Å²) in [5.74, 6) is 1.97. The molecule has 1 saturated carbocycles. The van der Waals surface area contributed by atoms with Crippen LogP contribution in [0.25, 0.3) is 17.5 Å². The van der Waals surface area contributed by atoms with Gasteiger partial charge in [0.05, 0.1) is 0 Å². The molecule has 6 nitrogen and oxygen atoms in total. The lowest BCUT2D eigenvalue weighted by molar-refractivity contribution is -0.126. The van der Waals surface area contributed by atoms with E-state index in [2.05, 4.69) is 27.2 Å². The van der Waals surface area contributed by atoms with Gasteiger partial charge in [0.25, 0.3) is 0 Å². The van der Waals surface area contributed by atoms with Crippen LogP contribution in [0.2, 0.25) is 0 Å². The lowest BCUT2D eigenvalue weighted by Gasteiger charge is -2.35. The summed E-state index contributed by atoms with van der Waals surface area (Å²) in [5.41, 5.74) is 2.12. The number of thiophene rings is 1. The molecule has 0 atom stereocenters. The van der Waals surface area contributed by atoms with Gasteiger partial charge in [0.2, 0.25) is 17.6 Å². The molecular weight excluding hydrogens is 384 g/mol. The number of hydrogen-bond acceptors (Lipinski definition) is 6. The number of piperazine rings is 1. The van der Waals surface area contributed by atoms with E-state index in [-0.39, 0.29) is 5.91 Å². The minimum atomic E-state index is 0.0805. The molecule has 3 aromatic rings. The second kappa shape index (κ2) is 7.83. The van der Waals surface area contributed by atoms with Crippen LogP contribution in [-0.2, 0) is 4.79 Å². The van der Waals surface area contributed by atoms with E-state index >= 15 is 0 Å². The van der Waals surface area contributed by atoms with Crippen molar-refractivity contribution < 1.29 is 9.32 Å². The minimum absolute atomic E-state index is 0.0805. The van der Waals surface area contributed by atoms with Crippen molar-refractivity contribution >= 4 is 29.0 Å². The first-order chi connectivity index (χ1) is 14.3. The number of amides is 1. The van der Waals surface area contributed by atoms with Gasteiger partial charge in [-0.05, 0) is 54.6 Å². The summed E-state index contributed by atoms with van der Waals surface area (Å²) in [6.07, 6.45) is 5.87.